The van der Waals surface area contributed by atoms with E-state index in [0.717, 1.165) is 29.5 Å². The van der Waals surface area contributed by atoms with Crippen LogP contribution in [0.3, 0.4) is 0 Å². The van der Waals surface area contributed by atoms with Gasteiger partial charge in [0.2, 0.25) is 0 Å². The summed E-state index contributed by atoms with van der Waals surface area (Å²) in [5.74, 6) is 1.90. The van der Waals surface area contributed by atoms with Crippen LogP contribution in [-0.2, 0) is 29.6 Å². The number of carbonyl (C=O) groups is 1. The van der Waals surface area contributed by atoms with Crippen LogP contribution in [0.5, 0.6) is 0 Å². The molecule has 0 aromatic heterocycles. The normalized spacial score (nSPS) is 20.9. The highest BCUT2D eigenvalue weighted by molar-refractivity contribution is 7.83. The Morgan fingerprint density at radius 3 is 2.34 bits per heavy atom. The standard InChI is InChI=1S/C24H32N2O2S/c1-18-11-19(2)15-26(14-18)16-21-9-7-20(8-10-21)13-25-24(27)23-6-4-5-22(12-23)17-29(3)28/h4-10,12,18-19H,11,13-17H2,1-3H3,(H,25,27)/t18-,19-,29+/m1/s1. The Labute approximate surface area is 177 Å². The second-order valence-corrected chi connectivity index (χ2v) is 9.99. The van der Waals surface area contributed by atoms with Crippen LogP contribution in [0, 0.1) is 11.8 Å². The summed E-state index contributed by atoms with van der Waals surface area (Å²) in [7, 11) is -0.916. The van der Waals surface area contributed by atoms with Gasteiger partial charge in [0, 0.05) is 54.6 Å². The zero-order valence-corrected chi connectivity index (χ0v) is 18.5. The van der Waals surface area contributed by atoms with E-state index in [2.05, 4.69) is 48.3 Å². The van der Waals surface area contributed by atoms with E-state index in [1.807, 2.05) is 18.2 Å². The number of rotatable bonds is 7. The monoisotopic (exact) mass is 412 g/mol. The van der Waals surface area contributed by atoms with Crippen molar-refractivity contribution in [2.45, 2.75) is 39.1 Å². The number of carbonyl (C=O) groups excluding carboxylic acids is 1. The summed E-state index contributed by atoms with van der Waals surface area (Å²) in [5.41, 5.74) is 3.94. The highest BCUT2D eigenvalue weighted by atomic mass is 32.2. The molecule has 5 heteroatoms. The Kier molecular flexibility index (Phi) is 7.62. The Morgan fingerprint density at radius 1 is 1.03 bits per heavy atom. The summed E-state index contributed by atoms with van der Waals surface area (Å²) >= 11 is 0. The maximum Gasteiger partial charge on any atom is 0.251 e. The number of nitrogens with one attached hydrogen (secondary N) is 1. The summed E-state index contributed by atoms with van der Waals surface area (Å²) in [6, 6.07) is 15.9. The number of hydrogen-bond donors (Lipinski definition) is 1. The first-order valence-electron chi connectivity index (χ1n) is 10.4. The van der Waals surface area contributed by atoms with Crippen LogP contribution in [0.4, 0.5) is 0 Å². The Morgan fingerprint density at radius 2 is 1.69 bits per heavy atom. The van der Waals surface area contributed by atoms with Crippen molar-refractivity contribution >= 4 is 16.7 Å². The third-order valence-electron chi connectivity index (χ3n) is 5.39. The van der Waals surface area contributed by atoms with E-state index < -0.39 is 10.8 Å². The fraction of sp³-hybridized carbons (Fsp3) is 0.458. The van der Waals surface area contributed by atoms with E-state index in [1.165, 1.54) is 25.1 Å². The predicted molar refractivity (Wildman–Crippen MR) is 120 cm³/mol. The summed E-state index contributed by atoms with van der Waals surface area (Å²) in [6.45, 7) is 8.52. The first-order valence-corrected chi connectivity index (χ1v) is 12.1. The number of benzene rings is 2. The minimum atomic E-state index is -0.916. The maximum atomic E-state index is 12.5. The van der Waals surface area contributed by atoms with Crippen molar-refractivity contribution in [3.63, 3.8) is 0 Å². The average Bonchev–Trinajstić information content (AvgIpc) is 2.66. The molecule has 1 N–H and O–H groups in total. The zero-order chi connectivity index (χ0) is 20.8. The van der Waals surface area contributed by atoms with Crippen LogP contribution in [-0.4, -0.2) is 34.4 Å². The van der Waals surface area contributed by atoms with Crippen LogP contribution in [0.1, 0.15) is 47.3 Å². The van der Waals surface area contributed by atoms with Crippen molar-refractivity contribution in [2.24, 2.45) is 11.8 Å². The summed E-state index contributed by atoms with van der Waals surface area (Å²) in [5, 5.41) is 2.98. The number of hydrogen-bond acceptors (Lipinski definition) is 3. The molecule has 3 atom stereocenters. The molecule has 1 aliphatic heterocycles. The molecule has 0 saturated carbocycles. The summed E-state index contributed by atoms with van der Waals surface area (Å²) in [6.07, 6.45) is 3.00. The van der Waals surface area contributed by atoms with E-state index in [9.17, 15) is 9.00 Å². The third kappa shape index (κ3) is 6.79. The average molecular weight is 413 g/mol. The molecule has 0 aliphatic carbocycles. The van der Waals surface area contributed by atoms with Gasteiger partial charge >= 0.3 is 0 Å². The lowest BCUT2D eigenvalue weighted by Gasteiger charge is -2.35. The second kappa shape index (κ2) is 10.2. The summed E-state index contributed by atoms with van der Waals surface area (Å²) in [4.78, 5) is 15.0. The van der Waals surface area contributed by atoms with Crippen molar-refractivity contribution in [1.82, 2.24) is 10.2 Å². The van der Waals surface area contributed by atoms with Crippen molar-refractivity contribution < 1.29 is 9.00 Å². The maximum absolute atomic E-state index is 12.5. The predicted octanol–water partition coefficient (Wildman–Crippen LogP) is 3.97. The van der Waals surface area contributed by atoms with E-state index >= 15 is 0 Å². The molecule has 0 unspecified atom stereocenters. The molecule has 156 valence electrons. The fourth-order valence-electron chi connectivity index (χ4n) is 4.26. The van der Waals surface area contributed by atoms with Crippen molar-refractivity contribution in [3.05, 3.63) is 70.8 Å². The van der Waals surface area contributed by atoms with Gasteiger partial charge in [0.1, 0.15) is 0 Å². The lowest BCUT2D eigenvalue weighted by Crippen LogP contribution is -2.38. The molecule has 3 rings (SSSR count). The van der Waals surface area contributed by atoms with Gasteiger partial charge in [-0.05, 0) is 47.1 Å². The second-order valence-electron chi connectivity index (χ2n) is 8.56. The highest BCUT2D eigenvalue weighted by Crippen LogP contribution is 2.22. The molecule has 1 amide bonds. The molecule has 1 aliphatic rings. The molecule has 4 nitrogen and oxygen atoms in total. The van der Waals surface area contributed by atoms with Gasteiger partial charge in [-0.15, -0.1) is 0 Å². The highest BCUT2D eigenvalue weighted by Gasteiger charge is 2.21. The van der Waals surface area contributed by atoms with Gasteiger partial charge in [-0.2, -0.15) is 0 Å². The SMILES string of the molecule is C[C@@H]1C[C@@H](C)CN(Cc2ccc(CNC(=O)c3cccc(C[S@](C)=O)c3)cc2)C1. The zero-order valence-electron chi connectivity index (χ0n) is 17.7. The van der Waals surface area contributed by atoms with Crippen LogP contribution in [0.15, 0.2) is 48.5 Å². The first kappa shape index (κ1) is 21.7. The molecule has 0 radical (unpaired) electrons. The van der Waals surface area contributed by atoms with E-state index in [-0.39, 0.29) is 5.91 Å². The van der Waals surface area contributed by atoms with Crippen LogP contribution < -0.4 is 5.32 Å². The lowest BCUT2D eigenvalue weighted by atomic mass is 9.91. The molecule has 1 saturated heterocycles. The van der Waals surface area contributed by atoms with Crippen LogP contribution in [0.25, 0.3) is 0 Å². The number of nitrogens with zero attached hydrogens (tertiary/aromatic N) is 1. The van der Waals surface area contributed by atoms with Gasteiger partial charge < -0.3 is 5.32 Å². The quantitative estimate of drug-likeness (QED) is 0.749. The number of amides is 1. The third-order valence-corrected chi connectivity index (χ3v) is 6.13. The molecule has 2 aromatic rings. The van der Waals surface area contributed by atoms with Crippen LogP contribution >= 0.6 is 0 Å². The Bertz CT molecular complexity index is 840. The van der Waals surface area contributed by atoms with Crippen molar-refractivity contribution in [3.8, 4) is 0 Å². The van der Waals surface area contributed by atoms with Crippen LogP contribution in [0.2, 0.25) is 0 Å². The van der Waals surface area contributed by atoms with Crippen molar-refractivity contribution in [2.75, 3.05) is 19.3 Å². The molecule has 29 heavy (non-hydrogen) atoms. The van der Waals surface area contributed by atoms with Gasteiger partial charge in [-0.25, -0.2) is 0 Å². The van der Waals surface area contributed by atoms with Gasteiger partial charge in [0.25, 0.3) is 5.91 Å². The largest absolute Gasteiger partial charge is 0.348 e. The number of piperidine rings is 1. The topological polar surface area (TPSA) is 49.4 Å². The van der Waals surface area contributed by atoms with Gasteiger partial charge in [0.05, 0.1) is 0 Å². The van der Waals surface area contributed by atoms with E-state index in [0.29, 0.717) is 17.9 Å². The minimum Gasteiger partial charge on any atom is -0.348 e. The lowest BCUT2D eigenvalue weighted by molar-refractivity contribution is 0.0951. The molecular weight excluding hydrogens is 380 g/mol. The summed E-state index contributed by atoms with van der Waals surface area (Å²) < 4.78 is 11.4. The van der Waals surface area contributed by atoms with E-state index in [4.69, 9.17) is 0 Å². The first-order chi connectivity index (χ1) is 13.9. The molecule has 0 spiro atoms. The molecule has 0 bridgehead atoms. The van der Waals surface area contributed by atoms with Gasteiger partial charge in [-0.3, -0.25) is 13.9 Å². The molecular formula is C24H32N2O2S. The van der Waals surface area contributed by atoms with Crippen molar-refractivity contribution in [1.29, 1.82) is 0 Å². The molecule has 1 heterocycles. The molecule has 2 aromatic carbocycles. The van der Waals surface area contributed by atoms with Gasteiger partial charge in [-0.1, -0.05) is 50.2 Å². The Hall–Kier alpha value is -1.98. The number of likely N-dealkylation sites (tertiary alicyclic amines) is 1. The smallest absolute Gasteiger partial charge is 0.251 e. The fourth-order valence-corrected chi connectivity index (χ4v) is 4.91. The minimum absolute atomic E-state index is 0.103. The Balaban J connectivity index is 1.52. The van der Waals surface area contributed by atoms with E-state index in [1.54, 1.807) is 12.3 Å². The van der Waals surface area contributed by atoms with Gasteiger partial charge in [0.15, 0.2) is 0 Å². The molecule has 1 fully saturated rings.